The third-order valence-electron chi connectivity index (χ3n) is 3.31. The van der Waals surface area contributed by atoms with E-state index in [0.29, 0.717) is 17.9 Å². The van der Waals surface area contributed by atoms with E-state index in [1.165, 1.54) is 0 Å². The molecule has 0 aliphatic heterocycles. The zero-order valence-corrected chi connectivity index (χ0v) is 13.7. The number of unbranched alkanes of at least 4 members (excludes halogenated alkanes) is 1. The van der Waals surface area contributed by atoms with Crippen LogP contribution in [0.1, 0.15) is 35.7 Å². The third-order valence-corrected chi connectivity index (χ3v) is 3.31. The molecule has 0 aliphatic carbocycles. The standard InChI is InChI=1S/C19H21NO4/c1-2-3-13-23-19(22)20-17-11-9-16(10-12-17)18(21)24-14-15-7-5-4-6-8-15/h4-12H,2-3,13-14H2,1H3,(H,20,22). The van der Waals surface area contributed by atoms with Crippen LogP contribution in [0.4, 0.5) is 10.5 Å². The Bertz CT molecular complexity index is 653. The van der Waals surface area contributed by atoms with Gasteiger partial charge in [-0.2, -0.15) is 0 Å². The fraction of sp³-hybridized carbons (Fsp3) is 0.263. The van der Waals surface area contributed by atoms with Crippen LogP contribution in [0.2, 0.25) is 0 Å². The van der Waals surface area contributed by atoms with E-state index in [0.717, 1.165) is 18.4 Å². The summed E-state index contributed by atoms with van der Waals surface area (Å²) in [5.41, 5.74) is 1.92. The zero-order chi connectivity index (χ0) is 17.2. The van der Waals surface area contributed by atoms with Crippen molar-refractivity contribution in [2.24, 2.45) is 0 Å². The van der Waals surface area contributed by atoms with Crippen molar-refractivity contribution in [3.05, 3.63) is 65.7 Å². The van der Waals surface area contributed by atoms with Gasteiger partial charge in [0.1, 0.15) is 6.61 Å². The average Bonchev–Trinajstić information content (AvgIpc) is 2.61. The summed E-state index contributed by atoms with van der Waals surface area (Å²) in [6.07, 6.45) is 1.30. The van der Waals surface area contributed by atoms with Gasteiger partial charge in [-0.1, -0.05) is 43.7 Å². The summed E-state index contributed by atoms with van der Waals surface area (Å²) in [5.74, 6) is -0.407. The van der Waals surface area contributed by atoms with Crippen molar-refractivity contribution < 1.29 is 19.1 Å². The first-order chi connectivity index (χ1) is 11.7. The molecule has 0 saturated carbocycles. The second kappa shape index (κ2) is 9.35. The van der Waals surface area contributed by atoms with Crippen LogP contribution < -0.4 is 5.32 Å². The molecule has 5 nitrogen and oxygen atoms in total. The lowest BCUT2D eigenvalue weighted by atomic mass is 10.2. The quantitative estimate of drug-likeness (QED) is 0.605. The van der Waals surface area contributed by atoms with Gasteiger partial charge in [-0.15, -0.1) is 0 Å². The van der Waals surface area contributed by atoms with Crippen LogP contribution in [0, 0.1) is 0 Å². The van der Waals surface area contributed by atoms with Crippen molar-refractivity contribution in [3.8, 4) is 0 Å². The van der Waals surface area contributed by atoms with Crippen molar-refractivity contribution >= 4 is 17.7 Å². The highest BCUT2D eigenvalue weighted by Crippen LogP contribution is 2.12. The Labute approximate surface area is 141 Å². The lowest BCUT2D eigenvalue weighted by Crippen LogP contribution is -2.14. The van der Waals surface area contributed by atoms with E-state index < -0.39 is 12.1 Å². The molecule has 0 spiro atoms. The minimum atomic E-state index is -0.497. The molecule has 1 N–H and O–H groups in total. The second-order valence-corrected chi connectivity index (χ2v) is 5.25. The number of ether oxygens (including phenoxy) is 2. The summed E-state index contributed by atoms with van der Waals surface area (Å²) < 4.78 is 10.3. The van der Waals surface area contributed by atoms with E-state index >= 15 is 0 Å². The number of carbonyl (C=O) groups is 2. The van der Waals surface area contributed by atoms with Crippen molar-refractivity contribution in [2.75, 3.05) is 11.9 Å². The predicted octanol–water partition coefficient (Wildman–Crippen LogP) is 4.39. The van der Waals surface area contributed by atoms with Crippen LogP contribution in [0.5, 0.6) is 0 Å². The number of esters is 1. The van der Waals surface area contributed by atoms with Gasteiger partial charge >= 0.3 is 12.1 Å². The molecule has 0 fully saturated rings. The van der Waals surface area contributed by atoms with E-state index in [9.17, 15) is 9.59 Å². The molecule has 0 bridgehead atoms. The molecule has 24 heavy (non-hydrogen) atoms. The molecular weight excluding hydrogens is 306 g/mol. The van der Waals surface area contributed by atoms with Gasteiger partial charge in [0.25, 0.3) is 0 Å². The summed E-state index contributed by atoms with van der Waals surface area (Å²) in [6.45, 7) is 2.65. The van der Waals surface area contributed by atoms with Gasteiger partial charge in [0.2, 0.25) is 0 Å². The summed E-state index contributed by atoms with van der Waals surface area (Å²) in [6, 6.07) is 16.0. The molecule has 0 saturated heterocycles. The Morgan fingerprint density at radius 1 is 0.958 bits per heavy atom. The van der Waals surface area contributed by atoms with Gasteiger partial charge in [-0.25, -0.2) is 9.59 Å². The van der Waals surface area contributed by atoms with Crippen LogP contribution in [0.15, 0.2) is 54.6 Å². The van der Waals surface area contributed by atoms with Crippen LogP contribution in [0.25, 0.3) is 0 Å². The Balaban J connectivity index is 1.82. The van der Waals surface area contributed by atoms with Crippen LogP contribution in [0.3, 0.4) is 0 Å². The van der Waals surface area contributed by atoms with Crippen LogP contribution in [-0.2, 0) is 16.1 Å². The first-order valence-corrected chi connectivity index (χ1v) is 7.94. The third kappa shape index (κ3) is 5.76. The number of carbonyl (C=O) groups excluding carboxylic acids is 2. The van der Waals surface area contributed by atoms with E-state index in [4.69, 9.17) is 9.47 Å². The van der Waals surface area contributed by atoms with E-state index in [1.807, 2.05) is 37.3 Å². The van der Waals surface area contributed by atoms with E-state index in [1.54, 1.807) is 24.3 Å². The number of benzene rings is 2. The Morgan fingerprint density at radius 2 is 1.67 bits per heavy atom. The maximum Gasteiger partial charge on any atom is 0.411 e. The van der Waals surface area contributed by atoms with Crippen LogP contribution in [-0.4, -0.2) is 18.7 Å². The van der Waals surface area contributed by atoms with Crippen molar-refractivity contribution in [1.82, 2.24) is 0 Å². The molecule has 5 heteroatoms. The average molecular weight is 327 g/mol. The molecule has 2 aromatic rings. The Morgan fingerprint density at radius 3 is 2.33 bits per heavy atom. The fourth-order valence-corrected chi connectivity index (χ4v) is 1.96. The topological polar surface area (TPSA) is 64.6 Å². The minimum Gasteiger partial charge on any atom is -0.457 e. The first kappa shape index (κ1) is 17.5. The molecule has 2 aromatic carbocycles. The molecular formula is C19H21NO4. The van der Waals surface area contributed by atoms with Crippen LogP contribution >= 0.6 is 0 Å². The number of hydrogen-bond acceptors (Lipinski definition) is 4. The number of amides is 1. The van der Waals surface area contributed by atoms with Gasteiger partial charge < -0.3 is 9.47 Å². The van der Waals surface area contributed by atoms with Gasteiger partial charge in [0.15, 0.2) is 0 Å². The molecule has 126 valence electrons. The lowest BCUT2D eigenvalue weighted by Gasteiger charge is -2.08. The molecule has 0 radical (unpaired) electrons. The minimum absolute atomic E-state index is 0.226. The first-order valence-electron chi connectivity index (χ1n) is 7.94. The van der Waals surface area contributed by atoms with Crippen molar-refractivity contribution in [2.45, 2.75) is 26.4 Å². The smallest absolute Gasteiger partial charge is 0.411 e. The van der Waals surface area contributed by atoms with E-state index in [-0.39, 0.29) is 6.61 Å². The monoisotopic (exact) mass is 327 g/mol. The Hall–Kier alpha value is -2.82. The molecule has 1 amide bonds. The fourth-order valence-electron chi connectivity index (χ4n) is 1.96. The molecule has 0 aliphatic rings. The molecule has 0 heterocycles. The number of rotatable bonds is 7. The van der Waals surface area contributed by atoms with Crippen molar-refractivity contribution in [1.29, 1.82) is 0 Å². The predicted molar refractivity (Wildman–Crippen MR) is 91.9 cm³/mol. The lowest BCUT2D eigenvalue weighted by molar-refractivity contribution is 0.0472. The second-order valence-electron chi connectivity index (χ2n) is 5.25. The van der Waals surface area contributed by atoms with Gasteiger partial charge in [-0.05, 0) is 36.2 Å². The summed E-state index contributed by atoms with van der Waals surface area (Å²) in [4.78, 5) is 23.5. The largest absolute Gasteiger partial charge is 0.457 e. The SMILES string of the molecule is CCCCOC(=O)Nc1ccc(C(=O)OCc2ccccc2)cc1. The molecule has 2 rings (SSSR count). The van der Waals surface area contributed by atoms with E-state index in [2.05, 4.69) is 5.32 Å². The highest BCUT2D eigenvalue weighted by atomic mass is 16.5. The highest BCUT2D eigenvalue weighted by molar-refractivity contribution is 5.91. The van der Waals surface area contributed by atoms with Gasteiger partial charge in [0, 0.05) is 5.69 Å². The Kier molecular flexibility index (Phi) is 6.83. The zero-order valence-electron chi connectivity index (χ0n) is 13.7. The molecule has 0 atom stereocenters. The summed E-state index contributed by atoms with van der Waals surface area (Å²) in [5, 5.41) is 2.61. The maximum absolute atomic E-state index is 12.0. The normalized spacial score (nSPS) is 10.0. The number of hydrogen-bond donors (Lipinski definition) is 1. The summed E-state index contributed by atoms with van der Waals surface area (Å²) >= 11 is 0. The number of nitrogens with one attached hydrogen (secondary N) is 1. The number of anilines is 1. The summed E-state index contributed by atoms with van der Waals surface area (Å²) in [7, 11) is 0. The van der Waals surface area contributed by atoms with Gasteiger partial charge in [-0.3, -0.25) is 5.32 Å². The molecule has 0 aromatic heterocycles. The highest BCUT2D eigenvalue weighted by Gasteiger charge is 2.08. The maximum atomic E-state index is 12.0. The van der Waals surface area contributed by atoms with Crippen molar-refractivity contribution in [3.63, 3.8) is 0 Å². The molecule has 0 unspecified atom stereocenters. The van der Waals surface area contributed by atoms with Gasteiger partial charge in [0.05, 0.1) is 12.2 Å².